The van der Waals surface area contributed by atoms with Crippen LogP contribution in [0.1, 0.15) is 32.1 Å². The average molecular weight is 150 g/mol. The third-order valence-electron chi connectivity index (χ3n) is 2.65. The predicted molar refractivity (Wildman–Crippen MR) is 45.2 cm³/mol. The first-order valence-corrected chi connectivity index (χ1v) is 4.35. The highest BCUT2D eigenvalue weighted by Gasteiger charge is 2.17. The molecular formula is C10H14O. The highest BCUT2D eigenvalue weighted by molar-refractivity contribution is 5.34. The van der Waals surface area contributed by atoms with E-state index >= 15 is 0 Å². The fraction of sp³-hybridized carbons (Fsp3) is 0.600. The average Bonchev–Trinajstić information content (AvgIpc) is 2.50. The van der Waals surface area contributed by atoms with E-state index in [1.807, 2.05) is 0 Å². The molecule has 0 saturated carbocycles. The van der Waals surface area contributed by atoms with Crippen molar-refractivity contribution >= 4 is 0 Å². The summed E-state index contributed by atoms with van der Waals surface area (Å²) in [7, 11) is 1.77. The molecule has 0 saturated heterocycles. The Morgan fingerprint density at radius 3 is 2.91 bits per heavy atom. The molecule has 0 aromatic heterocycles. The molecule has 0 bridgehead atoms. The van der Waals surface area contributed by atoms with Crippen molar-refractivity contribution in [3.63, 3.8) is 0 Å². The first-order chi connectivity index (χ1) is 5.40. The summed E-state index contributed by atoms with van der Waals surface area (Å²) in [6.45, 7) is 0. The van der Waals surface area contributed by atoms with Crippen LogP contribution >= 0.6 is 0 Å². The fourth-order valence-electron chi connectivity index (χ4n) is 1.99. The van der Waals surface area contributed by atoms with Crippen LogP contribution < -0.4 is 0 Å². The number of allylic oxidation sites excluding steroid dienone is 4. The summed E-state index contributed by atoms with van der Waals surface area (Å²) >= 11 is 0. The number of methoxy groups -OCH3 is 1. The first kappa shape index (κ1) is 6.96. The SMILES string of the molecule is COC1=CC2=C(CCC2)CC1. The van der Waals surface area contributed by atoms with Gasteiger partial charge in [0.15, 0.2) is 0 Å². The predicted octanol–water partition coefficient (Wildman–Crippen LogP) is 2.79. The van der Waals surface area contributed by atoms with E-state index in [9.17, 15) is 0 Å². The zero-order chi connectivity index (χ0) is 7.68. The van der Waals surface area contributed by atoms with Gasteiger partial charge in [0.2, 0.25) is 0 Å². The van der Waals surface area contributed by atoms with Crippen LogP contribution in [0, 0.1) is 0 Å². The van der Waals surface area contributed by atoms with Gasteiger partial charge in [-0.1, -0.05) is 5.57 Å². The van der Waals surface area contributed by atoms with Crippen molar-refractivity contribution in [3.05, 3.63) is 23.0 Å². The fourth-order valence-corrected chi connectivity index (χ4v) is 1.99. The molecule has 0 unspecified atom stereocenters. The first-order valence-electron chi connectivity index (χ1n) is 4.35. The summed E-state index contributed by atoms with van der Waals surface area (Å²) in [5, 5.41) is 0. The van der Waals surface area contributed by atoms with E-state index < -0.39 is 0 Å². The Kier molecular flexibility index (Phi) is 1.72. The molecule has 2 aliphatic carbocycles. The summed E-state index contributed by atoms with van der Waals surface area (Å²) < 4.78 is 5.23. The summed E-state index contributed by atoms with van der Waals surface area (Å²) in [6.07, 6.45) is 8.58. The summed E-state index contributed by atoms with van der Waals surface area (Å²) in [4.78, 5) is 0. The third kappa shape index (κ3) is 1.20. The highest BCUT2D eigenvalue weighted by atomic mass is 16.5. The minimum absolute atomic E-state index is 1.12. The van der Waals surface area contributed by atoms with Crippen LogP contribution in [0.2, 0.25) is 0 Å². The Morgan fingerprint density at radius 2 is 2.09 bits per heavy atom. The molecule has 0 atom stereocenters. The van der Waals surface area contributed by atoms with Crippen molar-refractivity contribution in [3.8, 4) is 0 Å². The molecule has 0 aliphatic heterocycles. The number of hydrogen-bond donors (Lipinski definition) is 0. The molecule has 0 amide bonds. The second-order valence-corrected chi connectivity index (χ2v) is 3.30. The molecule has 0 radical (unpaired) electrons. The Bertz CT molecular complexity index is 223. The summed E-state index contributed by atoms with van der Waals surface area (Å²) in [5.74, 6) is 1.17. The van der Waals surface area contributed by atoms with Gasteiger partial charge in [-0.25, -0.2) is 0 Å². The smallest absolute Gasteiger partial charge is 0.0961 e. The topological polar surface area (TPSA) is 9.23 Å². The van der Waals surface area contributed by atoms with E-state index in [0.29, 0.717) is 0 Å². The maximum atomic E-state index is 5.23. The Morgan fingerprint density at radius 1 is 1.18 bits per heavy atom. The molecule has 0 fully saturated rings. The molecule has 2 rings (SSSR count). The van der Waals surface area contributed by atoms with Crippen LogP contribution in [0.5, 0.6) is 0 Å². The van der Waals surface area contributed by atoms with Crippen LogP contribution in [0.15, 0.2) is 23.0 Å². The van der Waals surface area contributed by atoms with Crippen LogP contribution in [-0.2, 0) is 4.74 Å². The lowest BCUT2D eigenvalue weighted by Crippen LogP contribution is -1.96. The van der Waals surface area contributed by atoms with Gasteiger partial charge in [-0.2, -0.15) is 0 Å². The second kappa shape index (κ2) is 2.72. The maximum Gasteiger partial charge on any atom is 0.0961 e. The van der Waals surface area contributed by atoms with Gasteiger partial charge in [0.25, 0.3) is 0 Å². The summed E-state index contributed by atoms with van der Waals surface area (Å²) in [6, 6.07) is 0. The van der Waals surface area contributed by atoms with Crippen molar-refractivity contribution in [1.82, 2.24) is 0 Å². The van der Waals surface area contributed by atoms with Crippen molar-refractivity contribution in [2.75, 3.05) is 7.11 Å². The number of ether oxygens (including phenoxy) is 1. The largest absolute Gasteiger partial charge is 0.501 e. The van der Waals surface area contributed by atoms with E-state index in [1.54, 1.807) is 18.3 Å². The molecule has 2 aliphatic rings. The van der Waals surface area contributed by atoms with E-state index in [2.05, 4.69) is 6.08 Å². The summed E-state index contributed by atoms with van der Waals surface area (Å²) in [5.41, 5.74) is 3.25. The van der Waals surface area contributed by atoms with Gasteiger partial charge < -0.3 is 4.74 Å². The van der Waals surface area contributed by atoms with Crippen LogP contribution in [0.25, 0.3) is 0 Å². The van der Waals surface area contributed by atoms with E-state index in [-0.39, 0.29) is 0 Å². The molecule has 0 aromatic rings. The van der Waals surface area contributed by atoms with Gasteiger partial charge in [-0.05, 0) is 37.3 Å². The van der Waals surface area contributed by atoms with Crippen molar-refractivity contribution < 1.29 is 4.74 Å². The van der Waals surface area contributed by atoms with Crippen LogP contribution in [0.4, 0.5) is 0 Å². The Balaban J connectivity index is 2.21. The quantitative estimate of drug-likeness (QED) is 0.558. The zero-order valence-corrected chi connectivity index (χ0v) is 7.02. The lowest BCUT2D eigenvalue weighted by Gasteiger charge is -2.13. The van der Waals surface area contributed by atoms with Crippen molar-refractivity contribution in [2.24, 2.45) is 0 Å². The van der Waals surface area contributed by atoms with Crippen LogP contribution in [-0.4, -0.2) is 7.11 Å². The molecular weight excluding hydrogens is 136 g/mol. The zero-order valence-electron chi connectivity index (χ0n) is 7.02. The van der Waals surface area contributed by atoms with E-state index in [1.165, 1.54) is 31.4 Å². The molecule has 0 spiro atoms. The normalized spacial score (nSPS) is 23.2. The van der Waals surface area contributed by atoms with Gasteiger partial charge in [0.05, 0.1) is 12.9 Å². The lowest BCUT2D eigenvalue weighted by atomic mass is 9.99. The van der Waals surface area contributed by atoms with Gasteiger partial charge in [-0.3, -0.25) is 0 Å². The molecule has 0 N–H and O–H groups in total. The van der Waals surface area contributed by atoms with E-state index in [0.717, 1.165) is 6.42 Å². The lowest BCUT2D eigenvalue weighted by molar-refractivity contribution is 0.275. The van der Waals surface area contributed by atoms with Gasteiger partial charge in [0.1, 0.15) is 0 Å². The van der Waals surface area contributed by atoms with Gasteiger partial charge in [0, 0.05) is 6.42 Å². The third-order valence-corrected chi connectivity index (χ3v) is 2.65. The second-order valence-electron chi connectivity index (χ2n) is 3.30. The van der Waals surface area contributed by atoms with Crippen LogP contribution in [0.3, 0.4) is 0 Å². The standard InChI is InChI=1S/C10H14O/c1-11-10-6-5-8-3-2-4-9(8)7-10/h7H,2-6H2,1H3. The van der Waals surface area contributed by atoms with Gasteiger partial charge in [-0.15, -0.1) is 0 Å². The molecule has 0 aromatic carbocycles. The van der Waals surface area contributed by atoms with E-state index in [4.69, 9.17) is 4.74 Å². The molecule has 0 heterocycles. The minimum atomic E-state index is 1.12. The maximum absolute atomic E-state index is 5.23. The number of hydrogen-bond acceptors (Lipinski definition) is 1. The Labute approximate surface area is 67.7 Å². The number of rotatable bonds is 1. The monoisotopic (exact) mass is 150 g/mol. The Hall–Kier alpha value is -0.720. The minimum Gasteiger partial charge on any atom is -0.501 e. The van der Waals surface area contributed by atoms with Gasteiger partial charge >= 0.3 is 0 Å². The van der Waals surface area contributed by atoms with Crippen molar-refractivity contribution in [1.29, 1.82) is 0 Å². The molecule has 11 heavy (non-hydrogen) atoms. The molecule has 1 heteroatoms. The molecule has 1 nitrogen and oxygen atoms in total. The van der Waals surface area contributed by atoms with Crippen molar-refractivity contribution in [2.45, 2.75) is 32.1 Å². The molecule has 60 valence electrons. The highest BCUT2D eigenvalue weighted by Crippen LogP contribution is 2.35.